The van der Waals surface area contributed by atoms with E-state index in [1.165, 1.54) is 19.3 Å². The Balaban J connectivity index is 1.83. The second kappa shape index (κ2) is 6.12. The van der Waals surface area contributed by atoms with E-state index in [2.05, 4.69) is 10.1 Å². The minimum absolute atomic E-state index is 0.140. The molecule has 0 amide bonds. The van der Waals surface area contributed by atoms with E-state index in [0.29, 0.717) is 18.3 Å². The van der Waals surface area contributed by atoms with E-state index in [-0.39, 0.29) is 12.1 Å². The van der Waals surface area contributed by atoms with Gasteiger partial charge in [-0.05, 0) is 12.8 Å². The van der Waals surface area contributed by atoms with Gasteiger partial charge in [-0.15, -0.1) is 0 Å². The second-order valence-electron chi connectivity index (χ2n) is 4.61. The summed E-state index contributed by atoms with van der Waals surface area (Å²) in [7, 11) is 0. The predicted octanol–water partition coefficient (Wildman–Crippen LogP) is 1.81. The zero-order valence-corrected chi connectivity index (χ0v) is 10.4. The van der Waals surface area contributed by atoms with E-state index in [4.69, 9.17) is 15.0 Å². The van der Waals surface area contributed by atoms with E-state index >= 15 is 0 Å². The first kappa shape index (κ1) is 12.5. The van der Waals surface area contributed by atoms with E-state index in [9.17, 15) is 0 Å². The van der Waals surface area contributed by atoms with Gasteiger partial charge in [-0.3, -0.25) is 0 Å². The zero-order chi connectivity index (χ0) is 12.1. The Hall–Kier alpha value is -0.940. The van der Waals surface area contributed by atoms with Crippen LogP contribution in [0.3, 0.4) is 0 Å². The molecule has 1 aromatic rings. The van der Waals surface area contributed by atoms with Gasteiger partial charge in [0.15, 0.2) is 5.82 Å². The van der Waals surface area contributed by atoms with Crippen molar-refractivity contribution in [1.82, 2.24) is 10.1 Å². The first-order chi connectivity index (χ1) is 8.29. The highest BCUT2D eigenvalue weighted by molar-refractivity contribution is 4.85. The van der Waals surface area contributed by atoms with Crippen molar-refractivity contribution in [3.8, 4) is 0 Å². The quantitative estimate of drug-likeness (QED) is 0.811. The minimum Gasteiger partial charge on any atom is -0.368 e. The number of hydrogen-bond donors (Lipinski definition) is 1. The van der Waals surface area contributed by atoms with Crippen LogP contribution in [0.2, 0.25) is 0 Å². The molecule has 1 fully saturated rings. The van der Waals surface area contributed by atoms with Crippen LogP contribution in [-0.4, -0.2) is 22.3 Å². The van der Waals surface area contributed by atoms with Crippen molar-refractivity contribution in [3.63, 3.8) is 0 Å². The Labute approximate surface area is 102 Å². The summed E-state index contributed by atoms with van der Waals surface area (Å²) in [5.74, 6) is 1.28. The van der Waals surface area contributed by atoms with Gasteiger partial charge in [0.25, 0.3) is 0 Å². The number of rotatable bonds is 4. The molecule has 5 heteroatoms. The third-order valence-electron chi connectivity index (χ3n) is 3.24. The monoisotopic (exact) mass is 239 g/mol. The maximum Gasteiger partial charge on any atom is 0.226 e. The number of hydrogen-bond acceptors (Lipinski definition) is 5. The molecule has 0 radical (unpaired) electrons. The van der Waals surface area contributed by atoms with Crippen molar-refractivity contribution < 1.29 is 9.26 Å². The number of aryl methyl sites for hydroxylation is 1. The summed E-state index contributed by atoms with van der Waals surface area (Å²) < 4.78 is 10.8. The molecule has 0 saturated heterocycles. The van der Waals surface area contributed by atoms with Crippen LogP contribution in [0.4, 0.5) is 0 Å². The molecule has 17 heavy (non-hydrogen) atoms. The average Bonchev–Trinajstić information content (AvgIpc) is 2.70. The smallest absolute Gasteiger partial charge is 0.226 e. The van der Waals surface area contributed by atoms with Crippen molar-refractivity contribution >= 4 is 0 Å². The first-order valence-corrected chi connectivity index (χ1v) is 6.48. The molecular formula is C12H21N3O2. The highest BCUT2D eigenvalue weighted by Gasteiger charge is 2.21. The maximum atomic E-state index is 6.09. The second-order valence-corrected chi connectivity index (χ2v) is 4.61. The van der Waals surface area contributed by atoms with Crippen molar-refractivity contribution in [2.75, 3.05) is 0 Å². The summed E-state index contributed by atoms with van der Waals surface area (Å²) in [6, 6.07) is 0.148. The third kappa shape index (κ3) is 3.51. The molecule has 0 bridgehead atoms. The van der Waals surface area contributed by atoms with Gasteiger partial charge in [0.05, 0.1) is 6.10 Å². The molecule has 96 valence electrons. The van der Waals surface area contributed by atoms with Crippen molar-refractivity contribution in [3.05, 3.63) is 11.7 Å². The Morgan fingerprint density at radius 2 is 2.18 bits per heavy atom. The van der Waals surface area contributed by atoms with Gasteiger partial charge in [-0.2, -0.15) is 4.98 Å². The van der Waals surface area contributed by atoms with Gasteiger partial charge in [0.1, 0.15) is 6.61 Å². The molecule has 2 N–H and O–H groups in total. The highest BCUT2D eigenvalue weighted by atomic mass is 16.5. The van der Waals surface area contributed by atoms with Crippen LogP contribution in [0.1, 0.15) is 50.7 Å². The van der Waals surface area contributed by atoms with Crippen LogP contribution < -0.4 is 5.73 Å². The Kier molecular flexibility index (Phi) is 4.50. The number of nitrogens with zero attached hydrogens (tertiary/aromatic N) is 2. The number of aromatic nitrogens is 2. The lowest BCUT2D eigenvalue weighted by Gasteiger charge is -2.20. The fourth-order valence-electron chi connectivity index (χ4n) is 2.18. The SMILES string of the molecule is CCc1nc(COC2CCCCCC2N)no1. The van der Waals surface area contributed by atoms with Crippen LogP contribution in [-0.2, 0) is 17.8 Å². The molecule has 1 aliphatic carbocycles. The molecule has 2 atom stereocenters. The standard InChI is InChI=1S/C12H21N3O2/c1-2-12-14-11(15-17-12)8-16-10-7-5-3-4-6-9(10)13/h9-10H,2-8,13H2,1H3. The van der Waals surface area contributed by atoms with E-state index in [0.717, 1.165) is 19.3 Å². The van der Waals surface area contributed by atoms with Crippen LogP contribution in [0, 0.1) is 0 Å². The summed E-state index contributed by atoms with van der Waals surface area (Å²) in [4.78, 5) is 4.22. The van der Waals surface area contributed by atoms with Crippen molar-refractivity contribution in [2.24, 2.45) is 5.73 Å². The van der Waals surface area contributed by atoms with Gasteiger partial charge in [-0.25, -0.2) is 0 Å². The lowest BCUT2D eigenvalue weighted by atomic mass is 10.1. The van der Waals surface area contributed by atoms with E-state index in [1.54, 1.807) is 0 Å². The zero-order valence-electron chi connectivity index (χ0n) is 10.4. The molecule has 1 saturated carbocycles. The van der Waals surface area contributed by atoms with Gasteiger partial charge in [0.2, 0.25) is 5.89 Å². The number of ether oxygens (including phenoxy) is 1. The molecule has 0 aliphatic heterocycles. The fraction of sp³-hybridized carbons (Fsp3) is 0.833. The Bertz CT molecular complexity index is 340. The van der Waals surface area contributed by atoms with Crippen LogP contribution in [0.5, 0.6) is 0 Å². The molecule has 1 heterocycles. The molecule has 0 spiro atoms. The Morgan fingerprint density at radius 3 is 2.94 bits per heavy atom. The van der Waals surface area contributed by atoms with Gasteiger partial charge < -0.3 is 15.0 Å². The third-order valence-corrected chi connectivity index (χ3v) is 3.24. The first-order valence-electron chi connectivity index (χ1n) is 6.48. The highest BCUT2D eigenvalue weighted by Crippen LogP contribution is 2.20. The fourth-order valence-corrected chi connectivity index (χ4v) is 2.18. The molecule has 1 aromatic heterocycles. The van der Waals surface area contributed by atoms with Crippen LogP contribution >= 0.6 is 0 Å². The molecule has 2 unspecified atom stereocenters. The van der Waals surface area contributed by atoms with E-state index in [1.807, 2.05) is 6.92 Å². The summed E-state index contributed by atoms with van der Waals surface area (Å²) in [5, 5.41) is 3.87. The van der Waals surface area contributed by atoms with E-state index < -0.39 is 0 Å². The molecule has 5 nitrogen and oxygen atoms in total. The van der Waals surface area contributed by atoms with Crippen LogP contribution in [0.25, 0.3) is 0 Å². The molecule has 1 aliphatic rings. The lowest BCUT2D eigenvalue weighted by molar-refractivity contribution is 0.0152. The maximum absolute atomic E-state index is 6.09. The number of nitrogens with two attached hydrogens (primary N) is 1. The largest absolute Gasteiger partial charge is 0.368 e. The lowest BCUT2D eigenvalue weighted by Crippen LogP contribution is -2.35. The summed E-state index contributed by atoms with van der Waals surface area (Å²) in [6.45, 7) is 2.39. The normalized spacial score (nSPS) is 25.8. The van der Waals surface area contributed by atoms with Crippen molar-refractivity contribution in [1.29, 1.82) is 0 Å². The van der Waals surface area contributed by atoms with Gasteiger partial charge >= 0.3 is 0 Å². The molecule has 2 rings (SSSR count). The van der Waals surface area contributed by atoms with Crippen molar-refractivity contribution in [2.45, 2.75) is 64.2 Å². The van der Waals surface area contributed by atoms with Crippen LogP contribution in [0.15, 0.2) is 4.52 Å². The summed E-state index contributed by atoms with van der Waals surface area (Å²) in [5.41, 5.74) is 6.09. The minimum atomic E-state index is 0.140. The van der Waals surface area contributed by atoms with Gasteiger partial charge in [0, 0.05) is 12.5 Å². The predicted molar refractivity (Wildman–Crippen MR) is 63.3 cm³/mol. The Morgan fingerprint density at radius 1 is 1.35 bits per heavy atom. The van der Waals surface area contributed by atoms with Gasteiger partial charge in [-0.1, -0.05) is 31.3 Å². The molecule has 0 aromatic carbocycles. The topological polar surface area (TPSA) is 74.2 Å². The summed E-state index contributed by atoms with van der Waals surface area (Å²) in [6.07, 6.45) is 6.66. The average molecular weight is 239 g/mol. The summed E-state index contributed by atoms with van der Waals surface area (Å²) >= 11 is 0. The molecular weight excluding hydrogens is 218 g/mol.